The Morgan fingerprint density at radius 3 is 1.89 bits per heavy atom. The number of carbonyl (C=O) groups excluding carboxylic acids is 1. The maximum Gasteiger partial charge on any atom is 0.257 e. The van der Waals surface area contributed by atoms with Crippen LogP contribution in [0.25, 0.3) is 0 Å². The number of rotatable bonds is 14. The fourth-order valence-corrected chi connectivity index (χ4v) is 3.62. The molecule has 0 spiro atoms. The first kappa shape index (κ1) is 27.0. The Morgan fingerprint density at radius 1 is 0.694 bits per heavy atom. The summed E-state index contributed by atoms with van der Waals surface area (Å²) in [6.45, 7) is 3.77. The van der Waals surface area contributed by atoms with Crippen molar-refractivity contribution < 1.29 is 19.0 Å². The molecule has 3 aromatic rings. The van der Waals surface area contributed by atoms with Crippen molar-refractivity contribution in [3.63, 3.8) is 0 Å². The fraction of sp³-hybridized carbons (Fsp3) is 0.310. The molecule has 0 radical (unpaired) electrons. The van der Waals surface area contributed by atoms with Crippen molar-refractivity contribution in [3.05, 3.63) is 84.4 Å². The van der Waals surface area contributed by atoms with Crippen LogP contribution in [-0.2, 0) is 0 Å². The normalized spacial score (nSPS) is 10.4. The number of para-hydroxylation sites is 1. The van der Waals surface area contributed by atoms with Crippen molar-refractivity contribution in [2.24, 2.45) is 0 Å². The molecule has 0 unspecified atom stereocenters. The molecule has 7 heteroatoms. The second-order valence-corrected chi connectivity index (χ2v) is 8.64. The maximum absolute atomic E-state index is 12.5. The van der Waals surface area contributed by atoms with E-state index in [1.165, 1.54) is 25.7 Å². The number of anilines is 1. The highest BCUT2D eigenvalue weighted by Gasteiger charge is 2.08. The lowest BCUT2D eigenvalue weighted by Crippen LogP contribution is -2.34. The Balaban J connectivity index is 1.35. The number of amides is 1. The lowest BCUT2D eigenvalue weighted by atomic mass is 10.2. The van der Waals surface area contributed by atoms with Crippen molar-refractivity contribution in [1.82, 2.24) is 5.32 Å². The van der Waals surface area contributed by atoms with Gasteiger partial charge in [-0.25, -0.2) is 0 Å². The van der Waals surface area contributed by atoms with Crippen molar-refractivity contribution >= 4 is 28.9 Å². The first-order chi connectivity index (χ1) is 17.6. The zero-order valence-corrected chi connectivity index (χ0v) is 21.5. The Labute approximate surface area is 219 Å². The van der Waals surface area contributed by atoms with Crippen molar-refractivity contribution in [2.45, 2.75) is 39.0 Å². The van der Waals surface area contributed by atoms with Crippen LogP contribution in [0.1, 0.15) is 49.4 Å². The zero-order chi connectivity index (χ0) is 25.4. The van der Waals surface area contributed by atoms with E-state index in [1.807, 2.05) is 54.6 Å². The third-order valence-electron chi connectivity index (χ3n) is 5.34. The first-order valence-corrected chi connectivity index (χ1v) is 12.8. The monoisotopic (exact) mass is 506 g/mol. The minimum absolute atomic E-state index is 0.220. The van der Waals surface area contributed by atoms with Gasteiger partial charge in [0.2, 0.25) is 0 Å². The zero-order valence-electron chi connectivity index (χ0n) is 20.7. The molecule has 2 N–H and O–H groups in total. The summed E-state index contributed by atoms with van der Waals surface area (Å²) in [5.41, 5.74) is 1.26. The summed E-state index contributed by atoms with van der Waals surface area (Å²) in [4.78, 5) is 12.5. The van der Waals surface area contributed by atoms with Crippen LogP contribution in [0.2, 0.25) is 0 Å². The molecule has 3 aromatic carbocycles. The second kappa shape index (κ2) is 15.4. The molecule has 0 saturated carbocycles. The molecule has 0 saturated heterocycles. The average Bonchev–Trinajstić information content (AvgIpc) is 2.90. The van der Waals surface area contributed by atoms with Crippen molar-refractivity contribution in [2.75, 3.05) is 25.1 Å². The Bertz CT molecular complexity index is 1060. The second-order valence-electron chi connectivity index (χ2n) is 8.23. The molecule has 0 fully saturated rings. The van der Waals surface area contributed by atoms with Gasteiger partial charge < -0.3 is 19.5 Å². The minimum atomic E-state index is -0.281. The van der Waals surface area contributed by atoms with Crippen LogP contribution < -0.4 is 24.8 Å². The molecule has 190 valence electrons. The topological polar surface area (TPSA) is 68.8 Å². The third kappa shape index (κ3) is 9.96. The number of hydrogen-bond acceptors (Lipinski definition) is 5. The smallest absolute Gasteiger partial charge is 0.257 e. The molecule has 0 aromatic heterocycles. The molecular formula is C29H34N2O4S. The van der Waals surface area contributed by atoms with Crippen molar-refractivity contribution in [3.8, 4) is 17.2 Å². The Morgan fingerprint density at radius 2 is 1.25 bits per heavy atom. The highest BCUT2D eigenvalue weighted by atomic mass is 32.1. The van der Waals surface area contributed by atoms with Gasteiger partial charge in [0.05, 0.1) is 6.61 Å². The fourth-order valence-electron chi connectivity index (χ4n) is 3.41. The Hall–Kier alpha value is -3.58. The largest absolute Gasteiger partial charge is 0.494 e. The lowest BCUT2D eigenvalue weighted by molar-refractivity contribution is 0.0977. The van der Waals surface area contributed by atoms with E-state index in [4.69, 9.17) is 26.4 Å². The number of nitrogens with one attached hydrogen (secondary N) is 2. The number of hydrogen-bond donors (Lipinski definition) is 2. The van der Waals surface area contributed by atoms with E-state index in [0.29, 0.717) is 25.4 Å². The summed E-state index contributed by atoms with van der Waals surface area (Å²) < 4.78 is 17.1. The van der Waals surface area contributed by atoms with E-state index in [1.54, 1.807) is 24.3 Å². The number of ether oxygens (including phenoxy) is 3. The lowest BCUT2D eigenvalue weighted by Gasteiger charge is -2.12. The quantitative estimate of drug-likeness (QED) is 0.189. The van der Waals surface area contributed by atoms with Gasteiger partial charge in [-0.2, -0.15) is 0 Å². The number of benzene rings is 3. The molecule has 0 aliphatic heterocycles. The molecule has 6 nitrogen and oxygen atoms in total. The van der Waals surface area contributed by atoms with Crippen LogP contribution in [0.4, 0.5) is 5.69 Å². The van der Waals surface area contributed by atoms with Crippen LogP contribution >= 0.6 is 12.2 Å². The summed E-state index contributed by atoms with van der Waals surface area (Å²) in [6, 6.07) is 24.0. The van der Waals surface area contributed by atoms with Crippen LogP contribution in [0, 0.1) is 0 Å². The predicted molar refractivity (Wildman–Crippen MR) is 148 cm³/mol. The predicted octanol–water partition coefficient (Wildman–Crippen LogP) is 6.62. The van der Waals surface area contributed by atoms with Crippen LogP contribution in [0.15, 0.2) is 78.9 Å². The number of unbranched alkanes of at least 4 members (excludes halogenated alkanes) is 4. The molecule has 0 bridgehead atoms. The maximum atomic E-state index is 12.5. The van der Waals surface area contributed by atoms with Gasteiger partial charge in [0, 0.05) is 11.3 Å². The molecule has 0 aliphatic carbocycles. The molecule has 0 aliphatic rings. The molecule has 0 heterocycles. The van der Waals surface area contributed by atoms with Gasteiger partial charge in [0.25, 0.3) is 5.91 Å². The molecule has 0 atom stereocenters. The van der Waals surface area contributed by atoms with Gasteiger partial charge in [-0.1, -0.05) is 50.8 Å². The van der Waals surface area contributed by atoms with Gasteiger partial charge in [-0.05, 0) is 79.3 Å². The van der Waals surface area contributed by atoms with Crippen LogP contribution in [-0.4, -0.2) is 30.8 Å². The van der Waals surface area contributed by atoms with Gasteiger partial charge in [0.1, 0.15) is 30.5 Å². The molecule has 3 rings (SSSR count). The first-order valence-electron chi connectivity index (χ1n) is 12.4. The van der Waals surface area contributed by atoms with E-state index >= 15 is 0 Å². The van der Waals surface area contributed by atoms with Gasteiger partial charge >= 0.3 is 0 Å². The third-order valence-corrected chi connectivity index (χ3v) is 5.54. The van der Waals surface area contributed by atoms with E-state index in [0.717, 1.165) is 29.4 Å². The standard InChI is InChI=1S/C29H34N2O4S/c1-2-3-4-5-9-20-33-26-16-12-23(13-17-26)28(32)31-29(36)30-24-14-18-27(19-15-24)35-22-21-34-25-10-7-6-8-11-25/h6-8,10-19H,2-5,9,20-22H2,1H3,(H2,30,31,32,36). The summed E-state index contributed by atoms with van der Waals surface area (Å²) in [5, 5.41) is 5.93. The highest BCUT2D eigenvalue weighted by Crippen LogP contribution is 2.17. The van der Waals surface area contributed by atoms with E-state index in [2.05, 4.69) is 17.6 Å². The average molecular weight is 507 g/mol. The summed E-state index contributed by atoms with van der Waals surface area (Å²) >= 11 is 5.29. The number of carbonyl (C=O) groups is 1. The van der Waals surface area contributed by atoms with Crippen molar-refractivity contribution in [1.29, 1.82) is 0 Å². The number of thiocarbonyl (C=S) groups is 1. The highest BCUT2D eigenvalue weighted by molar-refractivity contribution is 7.80. The van der Waals surface area contributed by atoms with E-state index in [9.17, 15) is 4.79 Å². The van der Waals surface area contributed by atoms with Crippen LogP contribution in [0.5, 0.6) is 17.2 Å². The Kier molecular flexibility index (Phi) is 11.6. The minimum Gasteiger partial charge on any atom is -0.494 e. The summed E-state index contributed by atoms with van der Waals surface area (Å²) in [7, 11) is 0. The van der Waals surface area contributed by atoms with Gasteiger partial charge in [-0.15, -0.1) is 0 Å². The van der Waals surface area contributed by atoms with Crippen LogP contribution in [0.3, 0.4) is 0 Å². The SMILES string of the molecule is CCCCCCCOc1ccc(C(=O)NC(=S)Nc2ccc(OCCOc3ccccc3)cc2)cc1. The molecule has 1 amide bonds. The van der Waals surface area contributed by atoms with E-state index in [-0.39, 0.29) is 11.0 Å². The van der Waals surface area contributed by atoms with Gasteiger partial charge in [0.15, 0.2) is 5.11 Å². The van der Waals surface area contributed by atoms with Gasteiger partial charge in [-0.3, -0.25) is 10.1 Å². The molecular weight excluding hydrogens is 472 g/mol. The summed E-state index contributed by atoms with van der Waals surface area (Å²) in [5.74, 6) is 2.01. The van der Waals surface area contributed by atoms with E-state index < -0.39 is 0 Å². The molecule has 36 heavy (non-hydrogen) atoms. The summed E-state index contributed by atoms with van der Waals surface area (Å²) in [6.07, 6.45) is 5.97.